The standard InChI is InChI=1S/C10H12F2O/c1-8-7-9(12)3-4-10(8)13-6-2-5-11/h3-4,7H,2,5-6H2,1H3. The molecule has 1 aromatic rings. The first-order chi connectivity index (χ1) is 6.24. The fourth-order valence-electron chi connectivity index (χ4n) is 1.01. The van der Waals surface area contributed by atoms with Crippen LogP contribution in [0, 0.1) is 12.7 Å². The lowest BCUT2D eigenvalue weighted by Crippen LogP contribution is -1.99. The fourth-order valence-corrected chi connectivity index (χ4v) is 1.01. The summed E-state index contributed by atoms with van der Waals surface area (Å²) in [4.78, 5) is 0. The van der Waals surface area contributed by atoms with E-state index in [2.05, 4.69) is 0 Å². The van der Waals surface area contributed by atoms with Crippen molar-refractivity contribution in [2.75, 3.05) is 13.3 Å². The van der Waals surface area contributed by atoms with Crippen LogP contribution >= 0.6 is 0 Å². The van der Waals surface area contributed by atoms with Crippen LogP contribution in [-0.2, 0) is 0 Å². The van der Waals surface area contributed by atoms with Gasteiger partial charge in [-0.3, -0.25) is 4.39 Å². The molecule has 0 amide bonds. The lowest BCUT2D eigenvalue weighted by molar-refractivity contribution is 0.287. The van der Waals surface area contributed by atoms with E-state index in [0.29, 0.717) is 18.8 Å². The van der Waals surface area contributed by atoms with Crippen molar-refractivity contribution in [3.63, 3.8) is 0 Å². The van der Waals surface area contributed by atoms with Gasteiger partial charge in [-0.1, -0.05) is 0 Å². The molecule has 0 atom stereocenters. The third-order valence-electron chi connectivity index (χ3n) is 1.67. The summed E-state index contributed by atoms with van der Waals surface area (Å²) < 4.78 is 29.6. The number of rotatable bonds is 4. The van der Waals surface area contributed by atoms with Crippen LogP contribution in [-0.4, -0.2) is 13.3 Å². The number of benzene rings is 1. The van der Waals surface area contributed by atoms with E-state index in [0.717, 1.165) is 5.56 Å². The number of aryl methyl sites for hydroxylation is 1. The van der Waals surface area contributed by atoms with Crippen molar-refractivity contribution < 1.29 is 13.5 Å². The molecule has 0 heterocycles. The van der Waals surface area contributed by atoms with Crippen LogP contribution in [0.3, 0.4) is 0 Å². The molecule has 0 fully saturated rings. The lowest BCUT2D eigenvalue weighted by Gasteiger charge is -2.07. The highest BCUT2D eigenvalue weighted by Crippen LogP contribution is 2.18. The van der Waals surface area contributed by atoms with Gasteiger partial charge in [0.2, 0.25) is 0 Å². The number of ether oxygens (including phenoxy) is 1. The molecule has 1 nitrogen and oxygen atoms in total. The highest BCUT2D eigenvalue weighted by atomic mass is 19.1. The second kappa shape index (κ2) is 4.80. The van der Waals surface area contributed by atoms with E-state index in [-0.39, 0.29) is 12.5 Å². The van der Waals surface area contributed by atoms with Crippen LogP contribution in [0.15, 0.2) is 18.2 Å². The van der Waals surface area contributed by atoms with Crippen LogP contribution in [0.5, 0.6) is 5.75 Å². The Kier molecular flexibility index (Phi) is 3.68. The third-order valence-corrected chi connectivity index (χ3v) is 1.67. The lowest BCUT2D eigenvalue weighted by atomic mass is 10.2. The van der Waals surface area contributed by atoms with Gasteiger partial charge in [-0.25, -0.2) is 4.39 Å². The van der Waals surface area contributed by atoms with Crippen LogP contribution in [0.25, 0.3) is 0 Å². The monoisotopic (exact) mass is 186 g/mol. The first kappa shape index (κ1) is 9.96. The van der Waals surface area contributed by atoms with Gasteiger partial charge in [-0.2, -0.15) is 0 Å². The largest absolute Gasteiger partial charge is 0.493 e. The Labute approximate surface area is 76.3 Å². The Bertz CT molecular complexity index is 274. The summed E-state index contributed by atoms with van der Waals surface area (Å²) in [5, 5.41) is 0. The quantitative estimate of drug-likeness (QED) is 0.657. The summed E-state index contributed by atoms with van der Waals surface area (Å²) in [5.74, 6) is 0.338. The Morgan fingerprint density at radius 2 is 2.15 bits per heavy atom. The van der Waals surface area contributed by atoms with Crippen LogP contribution in [0.2, 0.25) is 0 Å². The maximum atomic E-state index is 12.6. The molecule has 13 heavy (non-hydrogen) atoms. The fraction of sp³-hybridized carbons (Fsp3) is 0.400. The first-order valence-electron chi connectivity index (χ1n) is 4.19. The summed E-state index contributed by atoms with van der Waals surface area (Å²) in [6.07, 6.45) is 0.372. The maximum absolute atomic E-state index is 12.6. The molecule has 1 aromatic carbocycles. The zero-order valence-corrected chi connectivity index (χ0v) is 7.52. The molecular weight excluding hydrogens is 174 g/mol. The van der Waals surface area contributed by atoms with E-state index in [1.807, 2.05) is 0 Å². The molecule has 0 aliphatic heterocycles. The molecule has 0 radical (unpaired) electrons. The normalized spacial score (nSPS) is 10.1. The van der Waals surface area contributed by atoms with Crippen molar-refractivity contribution in [1.29, 1.82) is 0 Å². The topological polar surface area (TPSA) is 9.23 Å². The van der Waals surface area contributed by atoms with E-state index < -0.39 is 0 Å². The minimum absolute atomic E-state index is 0.282. The molecule has 0 aliphatic rings. The average molecular weight is 186 g/mol. The van der Waals surface area contributed by atoms with Gasteiger partial charge in [0.05, 0.1) is 13.3 Å². The molecule has 0 unspecified atom stereocenters. The Morgan fingerprint density at radius 3 is 2.77 bits per heavy atom. The van der Waals surface area contributed by atoms with E-state index >= 15 is 0 Å². The van der Waals surface area contributed by atoms with Crippen LogP contribution < -0.4 is 4.74 Å². The van der Waals surface area contributed by atoms with Crippen molar-refractivity contribution in [3.05, 3.63) is 29.6 Å². The highest BCUT2D eigenvalue weighted by molar-refractivity contribution is 5.32. The van der Waals surface area contributed by atoms with Crippen LogP contribution in [0.1, 0.15) is 12.0 Å². The van der Waals surface area contributed by atoms with Gasteiger partial charge >= 0.3 is 0 Å². The SMILES string of the molecule is Cc1cc(F)ccc1OCCCF. The Morgan fingerprint density at radius 1 is 1.38 bits per heavy atom. The Hall–Kier alpha value is -1.12. The van der Waals surface area contributed by atoms with Crippen molar-refractivity contribution in [2.45, 2.75) is 13.3 Å². The second-order valence-corrected chi connectivity index (χ2v) is 2.80. The van der Waals surface area contributed by atoms with Gasteiger partial charge < -0.3 is 4.74 Å². The summed E-state index contributed by atoms with van der Waals surface area (Å²) >= 11 is 0. The van der Waals surface area contributed by atoms with Crippen molar-refractivity contribution in [3.8, 4) is 5.75 Å². The van der Waals surface area contributed by atoms with Crippen molar-refractivity contribution in [2.24, 2.45) is 0 Å². The first-order valence-corrected chi connectivity index (χ1v) is 4.19. The van der Waals surface area contributed by atoms with Crippen molar-refractivity contribution >= 4 is 0 Å². The van der Waals surface area contributed by atoms with E-state index in [9.17, 15) is 8.78 Å². The van der Waals surface area contributed by atoms with E-state index in [1.165, 1.54) is 12.1 Å². The molecule has 0 saturated carbocycles. The molecule has 0 aromatic heterocycles. The highest BCUT2D eigenvalue weighted by Gasteiger charge is 2.00. The minimum atomic E-state index is -0.389. The van der Waals surface area contributed by atoms with E-state index in [1.54, 1.807) is 13.0 Å². The van der Waals surface area contributed by atoms with Crippen molar-refractivity contribution in [1.82, 2.24) is 0 Å². The number of halogens is 2. The minimum Gasteiger partial charge on any atom is -0.493 e. The molecule has 72 valence electrons. The van der Waals surface area contributed by atoms with Gasteiger partial charge in [0.25, 0.3) is 0 Å². The number of alkyl halides is 1. The molecular formula is C10H12F2O. The maximum Gasteiger partial charge on any atom is 0.123 e. The van der Waals surface area contributed by atoms with Gasteiger partial charge in [0.1, 0.15) is 11.6 Å². The Balaban J connectivity index is 2.56. The average Bonchev–Trinajstić information content (AvgIpc) is 2.09. The number of hydrogen-bond acceptors (Lipinski definition) is 1. The summed E-state index contributed by atoms with van der Waals surface area (Å²) in [7, 11) is 0. The van der Waals surface area contributed by atoms with Crippen LogP contribution in [0.4, 0.5) is 8.78 Å². The summed E-state index contributed by atoms with van der Waals surface area (Å²) in [6, 6.07) is 4.28. The number of hydrogen-bond donors (Lipinski definition) is 0. The molecule has 0 saturated heterocycles. The summed E-state index contributed by atoms with van der Waals surface area (Å²) in [6.45, 7) is 1.71. The molecule has 0 spiro atoms. The zero-order chi connectivity index (χ0) is 9.68. The summed E-state index contributed by atoms with van der Waals surface area (Å²) in [5.41, 5.74) is 0.735. The predicted molar refractivity (Wildman–Crippen MR) is 47.2 cm³/mol. The molecule has 0 aliphatic carbocycles. The predicted octanol–water partition coefficient (Wildman–Crippen LogP) is 2.87. The van der Waals surface area contributed by atoms with Gasteiger partial charge in [0.15, 0.2) is 0 Å². The second-order valence-electron chi connectivity index (χ2n) is 2.80. The smallest absolute Gasteiger partial charge is 0.123 e. The molecule has 0 N–H and O–H groups in total. The molecule has 1 rings (SSSR count). The molecule has 0 bridgehead atoms. The van der Waals surface area contributed by atoms with E-state index in [4.69, 9.17) is 4.74 Å². The van der Waals surface area contributed by atoms with Gasteiger partial charge in [-0.15, -0.1) is 0 Å². The third kappa shape index (κ3) is 3.01. The van der Waals surface area contributed by atoms with Gasteiger partial charge in [-0.05, 0) is 30.7 Å². The molecule has 3 heteroatoms. The van der Waals surface area contributed by atoms with Gasteiger partial charge in [0, 0.05) is 6.42 Å². The zero-order valence-electron chi connectivity index (χ0n) is 7.52.